The van der Waals surface area contributed by atoms with Crippen LogP contribution in [-0.4, -0.2) is 78.4 Å². The standard InChI is InChI=1S/C8H18NO9P/c9-5-3(11)1-8(14,18-19(15)16)17-7(5)6(13)4(12)2-10/h3-7,10-16H,1-2,9H2/t3?,4-,5-,6-,7?,8-/m1/s1. The minimum absolute atomic E-state index is 0.577. The molecule has 0 spiro atoms. The molecule has 0 amide bonds. The Morgan fingerprint density at radius 2 is 2.00 bits per heavy atom. The highest BCUT2D eigenvalue weighted by molar-refractivity contribution is 7.39. The lowest BCUT2D eigenvalue weighted by molar-refractivity contribution is -0.382. The van der Waals surface area contributed by atoms with Gasteiger partial charge in [-0.25, -0.2) is 0 Å². The van der Waals surface area contributed by atoms with Crippen molar-refractivity contribution in [1.82, 2.24) is 0 Å². The topological polar surface area (TPSA) is 186 Å². The summed E-state index contributed by atoms with van der Waals surface area (Å²) in [6, 6.07) is -1.18. The SMILES string of the molecule is N[C@@H]1C(O)C[C@](O)(OP(O)O)OC1[C@H](O)[C@H](O)CO. The molecule has 0 saturated carbocycles. The summed E-state index contributed by atoms with van der Waals surface area (Å²) in [5, 5.41) is 47.1. The van der Waals surface area contributed by atoms with Crippen LogP contribution in [0.15, 0.2) is 0 Å². The van der Waals surface area contributed by atoms with E-state index < -0.39 is 58.1 Å². The van der Waals surface area contributed by atoms with Crippen LogP contribution in [0.4, 0.5) is 0 Å². The van der Waals surface area contributed by atoms with E-state index in [4.69, 9.17) is 25.4 Å². The third kappa shape index (κ3) is 4.25. The van der Waals surface area contributed by atoms with Gasteiger partial charge < -0.3 is 45.8 Å². The highest BCUT2D eigenvalue weighted by Crippen LogP contribution is 2.39. The molecule has 0 bridgehead atoms. The van der Waals surface area contributed by atoms with Crippen LogP contribution in [0.5, 0.6) is 0 Å². The fourth-order valence-electron chi connectivity index (χ4n) is 1.77. The molecule has 0 aromatic carbocycles. The second-order valence-electron chi connectivity index (χ2n) is 4.23. The van der Waals surface area contributed by atoms with Crippen LogP contribution < -0.4 is 5.73 Å². The summed E-state index contributed by atoms with van der Waals surface area (Å²) in [6.45, 7) is -0.796. The molecule has 1 rings (SSSR count). The maximum atomic E-state index is 9.78. The summed E-state index contributed by atoms with van der Waals surface area (Å²) in [5.41, 5.74) is 5.55. The second-order valence-corrected chi connectivity index (χ2v) is 4.92. The Bertz CT molecular complexity index is 295. The fourth-order valence-corrected chi connectivity index (χ4v) is 2.14. The van der Waals surface area contributed by atoms with Gasteiger partial charge in [-0.15, -0.1) is 0 Å². The summed E-state index contributed by atoms with van der Waals surface area (Å²) >= 11 is 0. The third-order valence-corrected chi connectivity index (χ3v) is 3.20. The zero-order valence-corrected chi connectivity index (χ0v) is 10.7. The van der Waals surface area contributed by atoms with Gasteiger partial charge in [0.05, 0.1) is 25.2 Å². The summed E-state index contributed by atoms with van der Waals surface area (Å²) in [6.07, 6.45) is -6.78. The molecule has 1 saturated heterocycles. The van der Waals surface area contributed by atoms with Crippen LogP contribution in [0.3, 0.4) is 0 Å². The molecule has 0 aromatic rings. The predicted molar refractivity (Wildman–Crippen MR) is 60.0 cm³/mol. The Morgan fingerprint density at radius 3 is 2.47 bits per heavy atom. The van der Waals surface area contributed by atoms with Gasteiger partial charge in [0.15, 0.2) is 0 Å². The van der Waals surface area contributed by atoms with Gasteiger partial charge in [-0.2, -0.15) is 0 Å². The molecule has 10 nitrogen and oxygen atoms in total. The predicted octanol–water partition coefficient (Wildman–Crippen LogP) is -3.95. The van der Waals surface area contributed by atoms with E-state index >= 15 is 0 Å². The van der Waals surface area contributed by atoms with Gasteiger partial charge in [-0.3, -0.25) is 4.52 Å². The average molecular weight is 303 g/mol. The van der Waals surface area contributed by atoms with Crippen molar-refractivity contribution in [2.45, 2.75) is 42.9 Å². The van der Waals surface area contributed by atoms with E-state index in [-0.39, 0.29) is 0 Å². The van der Waals surface area contributed by atoms with Crippen molar-refractivity contribution < 1.29 is 44.6 Å². The highest BCUT2D eigenvalue weighted by atomic mass is 31.2. The third-order valence-electron chi connectivity index (χ3n) is 2.75. The Balaban J connectivity index is 2.84. The van der Waals surface area contributed by atoms with Gasteiger partial charge >= 0.3 is 8.60 Å². The molecule has 2 unspecified atom stereocenters. The van der Waals surface area contributed by atoms with Crippen molar-refractivity contribution in [1.29, 1.82) is 0 Å². The number of aliphatic hydroxyl groups is 5. The first-order chi connectivity index (χ1) is 8.70. The Morgan fingerprint density at radius 1 is 1.42 bits per heavy atom. The van der Waals surface area contributed by atoms with Gasteiger partial charge in [0.2, 0.25) is 0 Å². The molecule has 1 heterocycles. The quantitative estimate of drug-likeness (QED) is 0.184. The zero-order chi connectivity index (χ0) is 14.8. The summed E-state index contributed by atoms with van der Waals surface area (Å²) < 4.78 is 9.21. The van der Waals surface area contributed by atoms with Crippen molar-refractivity contribution in [3.05, 3.63) is 0 Å². The largest absolute Gasteiger partial charge is 0.394 e. The molecule has 1 aliphatic rings. The number of rotatable bonds is 5. The van der Waals surface area contributed by atoms with E-state index in [1.807, 2.05) is 0 Å². The lowest BCUT2D eigenvalue weighted by Gasteiger charge is -2.44. The van der Waals surface area contributed by atoms with Gasteiger partial charge in [0.1, 0.15) is 18.3 Å². The van der Waals surface area contributed by atoms with Crippen molar-refractivity contribution in [3.63, 3.8) is 0 Å². The monoisotopic (exact) mass is 303 g/mol. The van der Waals surface area contributed by atoms with E-state index in [1.165, 1.54) is 0 Å². The second kappa shape index (κ2) is 6.66. The fraction of sp³-hybridized carbons (Fsp3) is 1.00. The Labute approximate surface area is 109 Å². The molecule has 9 N–H and O–H groups in total. The zero-order valence-electron chi connectivity index (χ0n) is 9.77. The van der Waals surface area contributed by atoms with E-state index in [0.717, 1.165) is 0 Å². The molecule has 1 fully saturated rings. The first-order valence-electron chi connectivity index (χ1n) is 5.38. The van der Waals surface area contributed by atoms with Crippen LogP contribution in [0.1, 0.15) is 6.42 Å². The average Bonchev–Trinajstić information content (AvgIpc) is 2.30. The van der Waals surface area contributed by atoms with Crippen molar-refractivity contribution in [2.75, 3.05) is 6.61 Å². The maximum Gasteiger partial charge on any atom is 0.331 e. The minimum Gasteiger partial charge on any atom is -0.394 e. The Hall–Kier alpha value is 0.0300. The van der Waals surface area contributed by atoms with Crippen molar-refractivity contribution in [3.8, 4) is 0 Å². The molecule has 1 aliphatic heterocycles. The molecular formula is C8H18NO9P. The number of nitrogens with two attached hydrogens (primary N) is 1. The first kappa shape index (κ1) is 17.1. The molecular weight excluding hydrogens is 285 g/mol. The first-order valence-corrected chi connectivity index (χ1v) is 6.54. The summed E-state index contributed by atoms with van der Waals surface area (Å²) in [5.74, 6) is -2.56. The number of ether oxygens (including phenoxy) is 1. The molecule has 0 radical (unpaired) electrons. The van der Waals surface area contributed by atoms with Crippen LogP contribution in [0.25, 0.3) is 0 Å². The molecule has 19 heavy (non-hydrogen) atoms. The van der Waals surface area contributed by atoms with Crippen molar-refractivity contribution in [2.24, 2.45) is 5.73 Å². The van der Waals surface area contributed by atoms with E-state index in [2.05, 4.69) is 4.52 Å². The van der Waals surface area contributed by atoms with Crippen molar-refractivity contribution >= 4 is 8.60 Å². The van der Waals surface area contributed by atoms with Crippen LogP contribution >= 0.6 is 8.60 Å². The highest BCUT2D eigenvalue weighted by Gasteiger charge is 2.50. The smallest absolute Gasteiger partial charge is 0.331 e. The van der Waals surface area contributed by atoms with E-state index in [9.17, 15) is 20.4 Å². The molecule has 0 aromatic heterocycles. The van der Waals surface area contributed by atoms with Gasteiger partial charge in [0, 0.05) is 0 Å². The Kier molecular flexibility index (Phi) is 5.98. The van der Waals surface area contributed by atoms with Gasteiger partial charge in [0.25, 0.3) is 5.97 Å². The molecule has 11 heteroatoms. The summed E-state index contributed by atoms with van der Waals surface area (Å²) in [7, 11) is -2.98. The van der Waals surface area contributed by atoms with Crippen LogP contribution in [-0.2, 0) is 9.26 Å². The molecule has 114 valence electrons. The minimum atomic E-state index is -2.98. The molecule has 0 aliphatic carbocycles. The lowest BCUT2D eigenvalue weighted by Crippen LogP contribution is -2.64. The number of hydrogen-bond acceptors (Lipinski definition) is 10. The number of aliphatic hydroxyl groups excluding tert-OH is 4. The van der Waals surface area contributed by atoms with Crippen LogP contribution in [0.2, 0.25) is 0 Å². The van der Waals surface area contributed by atoms with E-state index in [1.54, 1.807) is 0 Å². The van der Waals surface area contributed by atoms with Crippen LogP contribution in [0, 0.1) is 0 Å². The van der Waals surface area contributed by atoms with Gasteiger partial charge in [-0.05, 0) is 0 Å². The van der Waals surface area contributed by atoms with E-state index in [0.29, 0.717) is 0 Å². The summed E-state index contributed by atoms with van der Waals surface area (Å²) in [4.78, 5) is 17.4. The van der Waals surface area contributed by atoms with Gasteiger partial charge in [-0.1, -0.05) is 0 Å². The lowest BCUT2D eigenvalue weighted by atomic mass is 9.92. The normalized spacial score (nSPS) is 39.3. The maximum absolute atomic E-state index is 9.78. The molecule has 6 atom stereocenters. The number of hydrogen-bond donors (Lipinski definition) is 8.